The first kappa shape index (κ1) is 29.6. The molecule has 0 aromatic heterocycles. The van der Waals surface area contributed by atoms with Gasteiger partial charge in [0.2, 0.25) is 21.8 Å². The molecule has 0 aliphatic carbocycles. The van der Waals surface area contributed by atoms with E-state index >= 15 is 0 Å². The average molecular weight is 536 g/mol. The number of nitrogens with zero attached hydrogens (tertiary/aromatic N) is 2. The molecule has 36 heavy (non-hydrogen) atoms. The maximum absolute atomic E-state index is 13.4. The molecule has 2 amide bonds. The van der Waals surface area contributed by atoms with E-state index in [4.69, 9.17) is 11.6 Å². The number of nitrogens with one attached hydrogen (secondary N) is 1. The number of carbonyl (C=O) groups is 2. The minimum absolute atomic E-state index is 0.0637. The highest BCUT2D eigenvalue weighted by Crippen LogP contribution is 2.22. The molecule has 0 heterocycles. The van der Waals surface area contributed by atoms with Crippen molar-refractivity contribution in [2.24, 2.45) is 0 Å². The van der Waals surface area contributed by atoms with E-state index in [9.17, 15) is 18.0 Å². The lowest BCUT2D eigenvalue weighted by atomic mass is 10.1. The number of carbonyl (C=O) groups excluding carboxylic acids is 2. The van der Waals surface area contributed by atoms with Crippen LogP contribution in [-0.4, -0.2) is 50.0 Å². The Bertz CT molecular complexity index is 1120. The summed E-state index contributed by atoms with van der Waals surface area (Å²) in [6, 6.07) is 13.9. The Morgan fingerprint density at radius 2 is 1.67 bits per heavy atom. The Hall–Kier alpha value is -2.58. The summed E-state index contributed by atoms with van der Waals surface area (Å²) in [7, 11) is -3.53. The minimum atomic E-state index is -3.53. The van der Waals surface area contributed by atoms with Crippen molar-refractivity contribution in [3.8, 4) is 0 Å². The molecule has 0 saturated carbocycles. The second kappa shape index (κ2) is 13.7. The first-order valence-electron chi connectivity index (χ1n) is 12.4. The second-order valence-corrected chi connectivity index (χ2v) is 11.5. The third-order valence-corrected chi connectivity index (χ3v) is 7.46. The number of hydrogen-bond donors (Lipinski definition) is 1. The normalized spacial score (nSPS) is 12.3. The van der Waals surface area contributed by atoms with Crippen molar-refractivity contribution in [2.45, 2.75) is 72.0 Å². The molecule has 0 radical (unpaired) electrons. The summed E-state index contributed by atoms with van der Waals surface area (Å²) in [5.74, 6) is -0.447. The SMILES string of the molecule is CCc1ccc(N(CCCC(=O)N(Cc2ccccc2Cl)[C@@H](CC)C(=O)NC(C)C)S(C)(=O)=O)cc1. The van der Waals surface area contributed by atoms with Crippen molar-refractivity contribution < 1.29 is 18.0 Å². The highest BCUT2D eigenvalue weighted by atomic mass is 35.5. The first-order chi connectivity index (χ1) is 17.0. The van der Waals surface area contributed by atoms with Crippen molar-refractivity contribution in [1.82, 2.24) is 10.2 Å². The summed E-state index contributed by atoms with van der Waals surface area (Å²) in [4.78, 5) is 27.9. The number of halogens is 1. The van der Waals surface area contributed by atoms with Gasteiger partial charge in [0.1, 0.15) is 6.04 Å². The van der Waals surface area contributed by atoms with Gasteiger partial charge in [0.05, 0.1) is 11.9 Å². The molecule has 1 atom stereocenters. The van der Waals surface area contributed by atoms with Gasteiger partial charge in [-0.1, -0.05) is 55.8 Å². The molecule has 198 valence electrons. The van der Waals surface area contributed by atoms with Gasteiger partial charge in [-0.25, -0.2) is 8.42 Å². The summed E-state index contributed by atoms with van der Waals surface area (Å²) in [6.45, 7) is 7.99. The van der Waals surface area contributed by atoms with E-state index in [1.54, 1.807) is 23.1 Å². The number of amides is 2. The van der Waals surface area contributed by atoms with Crippen molar-refractivity contribution >= 4 is 39.1 Å². The standard InChI is InChI=1S/C27H38ClN3O4S/c1-6-21-14-16-23(17-15-21)31(36(5,34)35)18-10-13-26(32)30(19-22-11-8-9-12-24(22)28)25(7-2)27(33)29-20(3)4/h8-9,11-12,14-17,20,25H,6-7,10,13,18-19H2,1-5H3,(H,29,33)/t25-/m0/s1. The molecule has 0 aliphatic heterocycles. The van der Waals surface area contributed by atoms with Gasteiger partial charge in [0.25, 0.3) is 0 Å². The summed E-state index contributed by atoms with van der Waals surface area (Å²) >= 11 is 6.36. The summed E-state index contributed by atoms with van der Waals surface area (Å²) in [5, 5.41) is 3.42. The number of benzene rings is 2. The van der Waals surface area contributed by atoms with Crippen molar-refractivity contribution in [2.75, 3.05) is 17.1 Å². The smallest absolute Gasteiger partial charge is 0.243 e. The van der Waals surface area contributed by atoms with Crippen LogP contribution in [0.15, 0.2) is 48.5 Å². The summed E-state index contributed by atoms with van der Waals surface area (Å²) < 4.78 is 26.3. The lowest BCUT2D eigenvalue weighted by molar-refractivity contribution is -0.141. The van der Waals surface area contributed by atoms with Crippen LogP contribution in [0.5, 0.6) is 0 Å². The lowest BCUT2D eigenvalue weighted by Gasteiger charge is -2.32. The molecule has 0 fully saturated rings. The first-order valence-corrected chi connectivity index (χ1v) is 14.6. The third kappa shape index (κ3) is 8.52. The van der Waals surface area contributed by atoms with Gasteiger partial charge in [0.15, 0.2) is 0 Å². The number of sulfonamides is 1. The van der Waals surface area contributed by atoms with Crippen molar-refractivity contribution in [1.29, 1.82) is 0 Å². The molecule has 0 saturated heterocycles. The van der Waals surface area contributed by atoms with Crippen molar-refractivity contribution in [3.05, 3.63) is 64.7 Å². The molecule has 2 rings (SSSR count). The van der Waals surface area contributed by atoms with Gasteiger partial charge in [-0.2, -0.15) is 0 Å². The van der Waals surface area contributed by atoms with Crippen LogP contribution in [-0.2, 0) is 32.6 Å². The molecule has 0 aliphatic rings. The molecule has 7 nitrogen and oxygen atoms in total. The number of hydrogen-bond acceptors (Lipinski definition) is 4. The zero-order chi connectivity index (χ0) is 26.9. The molecule has 9 heteroatoms. The number of rotatable bonds is 13. The van der Waals surface area contributed by atoms with Crippen LogP contribution in [0.3, 0.4) is 0 Å². The maximum atomic E-state index is 13.4. The van der Waals surface area contributed by atoms with Crippen LogP contribution in [0.2, 0.25) is 5.02 Å². The Labute approximate surface area is 220 Å². The molecular weight excluding hydrogens is 498 g/mol. The molecule has 1 N–H and O–H groups in total. The van der Waals surface area contributed by atoms with Gasteiger partial charge < -0.3 is 10.2 Å². The Morgan fingerprint density at radius 3 is 2.19 bits per heavy atom. The zero-order valence-electron chi connectivity index (χ0n) is 21.8. The van der Waals surface area contributed by atoms with E-state index < -0.39 is 16.1 Å². The molecule has 0 spiro atoms. The fourth-order valence-electron chi connectivity index (χ4n) is 4.01. The maximum Gasteiger partial charge on any atom is 0.243 e. The fraction of sp³-hybridized carbons (Fsp3) is 0.481. The van der Waals surface area contributed by atoms with Crippen LogP contribution in [0, 0.1) is 0 Å². The third-order valence-electron chi connectivity index (χ3n) is 5.90. The highest BCUT2D eigenvalue weighted by Gasteiger charge is 2.29. The van der Waals surface area contributed by atoms with Crippen LogP contribution in [0.4, 0.5) is 5.69 Å². The monoisotopic (exact) mass is 535 g/mol. The van der Waals surface area contributed by atoms with Gasteiger partial charge in [0, 0.05) is 30.6 Å². The number of aryl methyl sites for hydroxylation is 1. The van der Waals surface area contributed by atoms with E-state index in [1.807, 2.05) is 58.0 Å². The van der Waals surface area contributed by atoms with Crippen LogP contribution in [0.1, 0.15) is 58.1 Å². The number of anilines is 1. The molecule has 0 unspecified atom stereocenters. The second-order valence-electron chi connectivity index (χ2n) is 9.16. The predicted molar refractivity (Wildman–Crippen MR) is 147 cm³/mol. The van der Waals surface area contributed by atoms with E-state index in [-0.39, 0.29) is 37.4 Å². The van der Waals surface area contributed by atoms with Gasteiger partial charge in [-0.05, 0) is 62.4 Å². The van der Waals surface area contributed by atoms with E-state index in [2.05, 4.69) is 5.32 Å². The Kier molecular flexibility index (Phi) is 11.2. The van der Waals surface area contributed by atoms with Crippen LogP contribution >= 0.6 is 11.6 Å². The van der Waals surface area contributed by atoms with Gasteiger partial charge >= 0.3 is 0 Å². The zero-order valence-corrected chi connectivity index (χ0v) is 23.4. The average Bonchev–Trinajstić information content (AvgIpc) is 2.81. The molecule has 2 aromatic carbocycles. The predicted octanol–water partition coefficient (Wildman–Crippen LogP) is 4.78. The van der Waals surface area contributed by atoms with Crippen LogP contribution in [0.25, 0.3) is 0 Å². The largest absolute Gasteiger partial charge is 0.352 e. The highest BCUT2D eigenvalue weighted by molar-refractivity contribution is 7.92. The summed E-state index contributed by atoms with van der Waals surface area (Å²) in [5.41, 5.74) is 2.43. The quantitative estimate of drug-likeness (QED) is 0.400. The molecule has 0 bridgehead atoms. The molecular formula is C27H38ClN3O4S. The van der Waals surface area contributed by atoms with Gasteiger partial charge in [-0.15, -0.1) is 0 Å². The van der Waals surface area contributed by atoms with Crippen molar-refractivity contribution in [3.63, 3.8) is 0 Å². The van der Waals surface area contributed by atoms with Gasteiger partial charge in [-0.3, -0.25) is 13.9 Å². The van der Waals surface area contributed by atoms with E-state index in [0.29, 0.717) is 23.6 Å². The Balaban J connectivity index is 2.22. The van der Waals surface area contributed by atoms with E-state index in [0.717, 1.165) is 23.8 Å². The summed E-state index contributed by atoms with van der Waals surface area (Å²) in [6.07, 6.45) is 2.86. The lowest BCUT2D eigenvalue weighted by Crippen LogP contribution is -2.50. The van der Waals surface area contributed by atoms with Crippen LogP contribution < -0.4 is 9.62 Å². The topological polar surface area (TPSA) is 86.8 Å². The molecule has 2 aromatic rings. The fourth-order valence-corrected chi connectivity index (χ4v) is 5.17. The van der Waals surface area contributed by atoms with E-state index in [1.165, 1.54) is 4.31 Å². The minimum Gasteiger partial charge on any atom is -0.352 e. The Morgan fingerprint density at radius 1 is 1.03 bits per heavy atom.